The van der Waals surface area contributed by atoms with Crippen molar-refractivity contribution in [3.8, 4) is 5.88 Å². The van der Waals surface area contributed by atoms with Gasteiger partial charge in [0.1, 0.15) is 18.8 Å². The molecule has 1 rings (SSSR count). The average Bonchev–Trinajstić information content (AvgIpc) is 2.22. The predicted molar refractivity (Wildman–Crippen MR) is 55.5 cm³/mol. The molecule has 5 nitrogen and oxygen atoms in total. The minimum atomic E-state index is -4.58. The van der Waals surface area contributed by atoms with Crippen LogP contribution in [-0.4, -0.2) is 32.9 Å². The maximum absolute atomic E-state index is 12.5. The summed E-state index contributed by atoms with van der Waals surface area (Å²) >= 11 is 0. The summed E-state index contributed by atoms with van der Waals surface area (Å²) in [6.07, 6.45) is -2.61. The Morgan fingerprint density at radius 3 is 2.56 bits per heavy atom. The molecule has 0 spiro atoms. The van der Waals surface area contributed by atoms with Gasteiger partial charge in [-0.3, -0.25) is 4.18 Å². The van der Waals surface area contributed by atoms with Crippen molar-refractivity contribution < 1.29 is 30.5 Å². The zero-order valence-electron chi connectivity index (χ0n) is 9.27. The molecule has 0 aliphatic rings. The molecule has 0 unspecified atom stereocenters. The van der Waals surface area contributed by atoms with Crippen LogP contribution < -0.4 is 4.74 Å². The fraction of sp³-hybridized carbons (Fsp3) is 0.444. The highest BCUT2D eigenvalue weighted by molar-refractivity contribution is 7.85. The summed E-state index contributed by atoms with van der Waals surface area (Å²) in [5.74, 6) is -0.609. The van der Waals surface area contributed by atoms with Gasteiger partial charge in [-0.25, -0.2) is 4.98 Å². The summed E-state index contributed by atoms with van der Waals surface area (Å²) in [7, 11) is -3.64. The first-order valence-electron chi connectivity index (χ1n) is 4.69. The molecule has 1 heterocycles. The second kappa shape index (κ2) is 5.53. The zero-order chi connectivity index (χ0) is 13.8. The summed E-state index contributed by atoms with van der Waals surface area (Å²) < 4.78 is 67.7. The van der Waals surface area contributed by atoms with E-state index >= 15 is 0 Å². The van der Waals surface area contributed by atoms with E-state index in [1.165, 1.54) is 0 Å². The fourth-order valence-electron chi connectivity index (χ4n) is 1.05. The maximum Gasteiger partial charge on any atom is 0.421 e. The summed E-state index contributed by atoms with van der Waals surface area (Å²) in [4.78, 5) is 3.43. The number of nitrogens with zero attached hydrogens (tertiary/aromatic N) is 1. The number of ether oxygens (including phenoxy) is 1. The largest absolute Gasteiger partial charge is 0.475 e. The van der Waals surface area contributed by atoms with E-state index in [4.69, 9.17) is 4.74 Å². The molecule has 9 heteroatoms. The van der Waals surface area contributed by atoms with Gasteiger partial charge in [0.05, 0.1) is 6.26 Å². The minimum Gasteiger partial charge on any atom is -0.475 e. The van der Waals surface area contributed by atoms with Crippen molar-refractivity contribution in [2.45, 2.75) is 6.18 Å². The number of rotatable bonds is 5. The van der Waals surface area contributed by atoms with Gasteiger partial charge in [0.15, 0.2) is 0 Å². The van der Waals surface area contributed by atoms with Gasteiger partial charge in [0, 0.05) is 6.20 Å². The molecule has 1 aromatic heterocycles. The van der Waals surface area contributed by atoms with Crippen LogP contribution in [0.15, 0.2) is 18.3 Å². The fourth-order valence-corrected chi connectivity index (χ4v) is 1.42. The van der Waals surface area contributed by atoms with Gasteiger partial charge in [-0.2, -0.15) is 21.6 Å². The first-order chi connectivity index (χ1) is 8.20. The lowest BCUT2D eigenvalue weighted by Gasteiger charge is -2.12. The van der Waals surface area contributed by atoms with Gasteiger partial charge in [-0.05, 0) is 12.1 Å². The zero-order valence-corrected chi connectivity index (χ0v) is 10.1. The molecule has 0 aliphatic carbocycles. The number of pyridine rings is 1. The predicted octanol–water partition coefficient (Wildman–Crippen LogP) is 1.46. The molecule has 0 amide bonds. The van der Waals surface area contributed by atoms with Crippen molar-refractivity contribution in [3.63, 3.8) is 0 Å². The molecule has 0 aromatic carbocycles. The molecular formula is C9H10F3NO4S. The SMILES string of the molecule is CS(=O)(=O)OCCOc1ncccc1C(F)(F)F. The quantitative estimate of drug-likeness (QED) is 0.605. The first-order valence-corrected chi connectivity index (χ1v) is 6.51. The number of hydrogen-bond acceptors (Lipinski definition) is 5. The average molecular weight is 285 g/mol. The Bertz CT molecular complexity index is 501. The molecule has 0 atom stereocenters. The summed E-state index contributed by atoms with van der Waals surface area (Å²) in [6, 6.07) is 1.95. The van der Waals surface area contributed by atoms with Crippen LogP contribution in [-0.2, 0) is 20.5 Å². The van der Waals surface area contributed by atoms with E-state index in [0.29, 0.717) is 0 Å². The second-order valence-corrected chi connectivity index (χ2v) is 4.87. The van der Waals surface area contributed by atoms with Crippen LogP contribution in [0.25, 0.3) is 0 Å². The lowest BCUT2D eigenvalue weighted by atomic mass is 10.2. The van der Waals surface area contributed by atoms with Crippen molar-refractivity contribution in [2.75, 3.05) is 19.5 Å². The lowest BCUT2D eigenvalue weighted by molar-refractivity contribution is -0.139. The highest BCUT2D eigenvalue weighted by atomic mass is 32.2. The van der Waals surface area contributed by atoms with Crippen LogP contribution in [0.5, 0.6) is 5.88 Å². The first kappa shape index (κ1) is 14.7. The summed E-state index contributed by atoms with van der Waals surface area (Å²) in [6.45, 7) is -0.736. The molecule has 0 aliphatic heterocycles. The van der Waals surface area contributed by atoms with E-state index in [1.54, 1.807) is 0 Å². The minimum absolute atomic E-state index is 0.354. The standard InChI is InChI=1S/C9H10F3NO4S/c1-18(14,15)17-6-5-16-8-7(9(10,11)12)3-2-4-13-8/h2-4H,5-6H2,1H3. The highest BCUT2D eigenvalue weighted by Gasteiger charge is 2.34. The van der Waals surface area contributed by atoms with Crippen molar-refractivity contribution in [1.82, 2.24) is 4.98 Å². The summed E-state index contributed by atoms with van der Waals surface area (Å²) in [5.41, 5.74) is -1.02. The van der Waals surface area contributed by atoms with Crippen LogP contribution in [0, 0.1) is 0 Å². The Labute approximate surface area is 102 Å². The molecule has 0 N–H and O–H groups in total. The van der Waals surface area contributed by atoms with E-state index in [0.717, 1.165) is 24.6 Å². The monoisotopic (exact) mass is 285 g/mol. The Hall–Kier alpha value is -1.35. The molecule has 0 saturated carbocycles. The maximum atomic E-state index is 12.5. The Morgan fingerprint density at radius 1 is 1.33 bits per heavy atom. The molecule has 0 fully saturated rings. The van der Waals surface area contributed by atoms with Crippen LogP contribution in [0.1, 0.15) is 5.56 Å². The van der Waals surface area contributed by atoms with Crippen LogP contribution in [0.4, 0.5) is 13.2 Å². The lowest BCUT2D eigenvalue weighted by Crippen LogP contribution is -2.14. The van der Waals surface area contributed by atoms with Crippen LogP contribution in [0.2, 0.25) is 0 Å². The topological polar surface area (TPSA) is 65.5 Å². The third-order valence-electron chi connectivity index (χ3n) is 1.70. The summed E-state index contributed by atoms with van der Waals surface area (Å²) in [5, 5.41) is 0. The van der Waals surface area contributed by atoms with Gasteiger partial charge in [0.25, 0.3) is 10.1 Å². The number of aromatic nitrogens is 1. The molecule has 1 aromatic rings. The molecule has 0 saturated heterocycles. The van der Waals surface area contributed by atoms with Gasteiger partial charge in [-0.1, -0.05) is 0 Å². The van der Waals surface area contributed by atoms with Gasteiger partial charge < -0.3 is 4.74 Å². The smallest absolute Gasteiger partial charge is 0.421 e. The Balaban J connectivity index is 2.63. The van der Waals surface area contributed by atoms with E-state index in [9.17, 15) is 21.6 Å². The number of alkyl halides is 3. The van der Waals surface area contributed by atoms with Crippen molar-refractivity contribution >= 4 is 10.1 Å². The Morgan fingerprint density at radius 2 is 2.00 bits per heavy atom. The molecule has 18 heavy (non-hydrogen) atoms. The van der Waals surface area contributed by atoms with Crippen molar-refractivity contribution in [3.05, 3.63) is 23.9 Å². The van der Waals surface area contributed by atoms with E-state index in [1.807, 2.05) is 0 Å². The second-order valence-electron chi connectivity index (χ2n) is 3.23. The van der Waals surface area contributed by atoms with Gasteiger partial charge in [0.2, 0.25) is 5.88 Å². The Kier molecular flexibility index (Phi) is 4.52. The van der Waals surface area contributed by atoms with Crippen LogP contribution >= 0.6 is 0 Å². The highest BCUT2D eigenvalue weighted by Crippen LogP contribution is 2.34. The normalized spacial score (nSPS) is 12.4. The third-order valence-corrected chi connectivity index (χ3v) is 2.29. The number of halogens is 3. The molecule has 0 radical (unpaired) electrons. The van der Waals surface area contributed by atoms with E-state index in [2.05, 4.69) is 9.17 Å². The van der Waals surface area contributed by atoms with Crippen molar-refractivity contribution in [1.29, 1.82) is 0 Å². The van der Waals surface area contributed by atoms with Crippen LogP contribution in [0.3, 0.4) is 0 Å². The van der Waals surface area contributed by atoms with Crippen molar-refractivity contribution in [2.24, 2.45) is 0 Å². The third kappa shape index (κ3) is 4.88. The van der Waals surface area contributed by atoms with E-state index in [-0.39, 0.29) is 13.2 Å². The molecule has 0 bridgehead atoms. The molecular weight excluding hydrogens is 275 g/mol. The van der Waals surface area contributed by atoms with Gasteiger partial charge in [-0.15, -0.1) is 0 Å². The van der Waals surface area contributed by atoms with E-state index < -0.39 is 27.7 Å². The number of hydrogen-bond donors (Lipinski definition) is 0. The van der Waals surface area contributed by atoms with Gasteiger partial charge >= 0.3 is 6.18 Å². The molecule has 102 valence electrons.